The van der Waals surface area contributed by atoms with Crippen LogP contribution < -0.4 is 15.8 Å². The number of benzene rings is 1. The third-order valence-corrected chi connectivity index (χ3v) is 4.41. The quantitative estimate of drug-likeness (QED) is 0.594. The van der Waals surface area contributed by atoms with Crippen LogP contribution in [0.5, 0.6) is 5.75 Å². The Bertz CT molecular complexity index is 653. The van der Waals surface area contributed by atoms with Gasteiger partial charge in [-0.25, -0.2) is 0 Å². The average molecular weight is 427 g/mol. The van der Waals surface area contributed by atoms with Gasteiger partial charge in [-0.1, -0.05) is 32.9 Å². The fraction of sp³-hybridized carbons (Fsp3) is 0.556. The number of carbonyl (C=O) groups is 2. The molecule has 1 aromatic carbocycles. The smallest absolute Gasteiger partial charge is 0.416 e. The average Bonchev–Trinajstić information content (AvgIpc) is 2.58. The van der Waals surface area contributed by atoms with Crippen molar-refractivity contribution in [3.05, 3.63) is 29.8 Å². The van der Waals surface area contributed by atoms with Crippen molar-refractivity contribution in [1.82, 2.24) is 5.32 Å². The molecule has 160 valence electrons. The summed E-state index contributed by atoms with van der Waals surface area (Å²) < 4.78 is 43.8. The zero-order valence-electron chi connectivity index (χ0n) is 16.0. The van der Waals surface area contributed by atoms with Crippen molar-refractivity contribution in [2.24, 2.45) is 17.6 Å². The molecule has 1 unspecified atom stereocenters. The molecule has 1 aromatic rings. The van der Waals surface area contributed by atoms with E-state index in [0.717, 1.165) is 0 Å². The van der Waals surface area contributed by atoms with Crippen molar-refractivity contribution in [1.29, 1.82) is 0 Å². The summed E-state index contributed by atoms with van der Waals surface area (Å²) in [5, 5.41) is 11.8. The van der Waals surface area contributed by atoms with E-state index >= 15 is 0 Å². The first kappa shape index (κ1) is 26.0. The summed E-state index contributed by atoms with van der Waals surface area (Å²) in [7, 11) is 1.46. The molecule has 2 amide bonds. The molecule has 10 heteroatoms. The fourth-order valence-electron chi connectivity index (χ4n) is 2.71. The molecule has 0 saturated heterocycles. The summed E-state index contributed by atoms with van der Waals surface area (Å²) in [4.78, 5) is 24.4. The Hall–Kier alpha value is -2.00. The lowest BCUT2D eigenvalue weighted by molar-refractivity contribution is -0.215. The van der Waals surface area contributed by atoms with Gasteiger partial charge in [-0.2, -0.15) is 13.2 Å². The largest absolute Gasteiger partial charge is 0.497 e. The number of nitrogens with two attached hydrogens (primary N) is 1. The molecule has 0 aliphatic rings. The minimum absolute atomic E-state index is 0. The summed E-state index contributed by atoms with van der Waals surface area (Å²) in [6.45, 7) is 4.31. The van der Waals surface area contributed by atoms with Gasteiger partial charge in [0.15, 0.2) is 6.10 Å². The van der Waals surface area contributed by atoms with Gasteiger partial charge < -0.3 is 20.9 Å². The van der Waals surface area contributed by atoms with Crippen LogP contribution in [0.25, 0.3) is 0 Å². The van der Waals surface area contributed by atoms with Crippen molar-refractivity contribution >= 4 is 24.2 Å². The van der Waals surface area contributed by atoms with Gasteiger partial charge in [0.1, 0.15) is 5.75 Å². The molecule has 0 spiro atoms. The number of hydrogen-bond acceptors (Lipinski definition) is 4. The van der Waals surface area contributed by atoms with E-state index in [1.54, 1.807) is 12.1 Å². The first-order valence-corrected chi connectivity index (χ1v) is 8.38. The highest BCUT2D eigenvalue weighted by Gasteiger charge is 2.46. The normalized spacial score (nSPS) is 15.8. The van der Waals surface area contributed by atoms with Gasteiger partial charge in [-0.05, 0) is 23.6 Å². The van der Waals surface area contributed by atoms with Crippen LogP contribution in [0.4, 0.5) is 13.2 Å². The number of carbonyl (C=O) groups excluding carboxylic acids is 2. The number of ether oxygens (including phenoxy) is 1. The third kappa shape index (κ3) is 6.56. The maximum Gasteiger partial charge on any atom is 0.416 e. The number of aliphatic hydroxyl groups is 1. The van der Waals surface area contributed by atoms with E-state index < -0.39 is 47.9 Å². The van der Waals surface area contributed by atoms with Crippen LogP contribution in [0, 0.1) is 11.8 Å². The van der Waals surface area contributed by atoms with E-state index in [4.69, 9.17) is 10.5 Å². The Labute approximate surface area is 168 Å². The van der Waals surface area contributed by atoms with Gasteiger partial charge in [0, 0.05) is 0 Å². The second kappa shape index (κ2) is 10.5. The minimum Gasteiger partial charge on any atom is -0.497 e. The van der Waals surface area contributed by atoms with Crippen LogP contribution >= 0.6 is 12.4 Å². The van der Waals surface area contributed by atoms with Crippen LogP contribution in [0.15, 0.2) is 24.3 Å². The third-order valence-electron chi connectivity index (χ3n) is 4.41. The molecule has 0 bridgehead atoms. The molecule has 0 fully saturated rings. The Morgan fingerprint density at radius 3 is 2.00 bits per heavy atom. The highest BCUT2D eigenvalue weighted by Crippen LogP contribution is 2.29. The lowest BCUT2D eigenvalue weighted by atomic mass is 9.85. The molecule has 6 nitrogen and oxygen atoms in total. The summed E-state index contributed by atoms with van der Waals surface area (Å²) in [5.74, 6) is -3.88. The molecule has 4 N–H and O–H groups in total. The van der Waals surface area contributed by atoms with E-state index in [-0.39, 0.29) is 12.4 Å². The van der Waals surface area contributed by atoms with Crippen LogP contribution in [0.2, 0.25) is 0 Å². The van der Waals surface area contributed by atoms with Crippen LogP contribution in [-0.4, -0.2) is 42.4 Å². The second-order valence-corrected chi connectivity index (χ2v) is 6.71. The van der Waals surface area contributed by atoms with Gasteiger partial charge >= 0.3 is 6.18 Å². The van der Waals surface area contributed by atoms with Crippen molar-refractivity contribution < 1.29 is 32.6 Å². The highest BCUT2D eigenvalue weighted by atomic mass is 35.5. The van der Waals surface area contributed by atoms with Gasteiger partial charge in [0.25, 0.3) is 0 Å². The van der Waals surface area contributed by atoms with Crippen LogP contribution in [-0.2, 0) is 9.59 Å². The predicted octanol–water partition coefficient (Wildman–Crippen LogP) is 2.39. The number of aliphatic hydroxyl groups excluding tert-OH is 1. The summed E-state index contributed by atoms with van der Waals surface area (Å²) >= 11 is 0. The predicted molar refractivity (Wildman–Crippen MR) is 100 cm³/mol. The van der Waals surface area contributed by atoms with Crippen molar-refractivity contribution in [2.45, 2.75) is 45.0 Å². The van der Waals surface area contributed by atoms with E-state index in [1.807, 2.05) is 0 Å². The van der Waals surface area contributed by atoms with Crippen molar-refractivity contribution in [2.75, 3.05) is 7.11 Å². The summed E-state index contributed by atoms with van der Waals surface area (Å²) in [6, 6.07) is 4.63. The zero-order chi connectivity index (χ0) is 20.9. The van der Waals surface area contributed by atoms with Gasteiger partial charge in [0.2, 0.25) is 11.8 Å². The molecule has 0 saturated carbocycles. The van der Waals surface area contributed by atoms with Gasteiger partial charge in [-0.3, -0.25) is 9.59 Å². The number of halogens is 4. The Morgan fingerprint density at radius 1 is 1.14 bits per heavy atom. The van der Waals surface area contributed by atoms with E-state index in [2.05, 4.69) is 5.32 Å². The Kier molecular flexibility index (Phi) is 9.77. The van der Waals surface area contributed by atoms with Crippen molar-refractivity contribution in [3.8, 4) is 5.75 Å². The topological polar surface area (TPSA) is 102 Å². The SMILES string of the molecule is COc1ccc([C@@H](C(=O)N[C@@H](C(C)C)[C@H](O)C(F)(F)F)C(C)C(N)=O)cc1.Cl. The van der Waals surface area contributed by atoms with Gasteiger partial charge in [0.05, 0.1) is 25.0 Å². The lowest BCUT2D eigenvalue weighted by Crippen LogP contribution is -2.54. The van der Waals surface area contributed by atoms with E-state index in [0.29, 0.717) is 11.3 Å². The van der Waals surface area contributed by atoms with Crippen LogP contribution in [0.1, 0.15) is 32.3 Å². The number of primary amides is 1. The molecule has 0 aliphatic carbocycles. The highest BCUT2D eigenvalue weighted by molar-refractivity contribution is 5.90. The lowest BCUT2D eigenvalue weighted by Gasteiger charge is -2.31. The number of amides is 2. The molecule has 4 atom stereocenters. The van der Waals surface area contributed by atoms with Crippen molar-refractivity contribution in [3.63, 3.8) is 0 Å². The van der Waals surface area contributed by atoms with E-state index in [9.17, 15) is 27.9 Å². The molecule has 0 aromatic heterocycles. The Balaban J connectivity index is 0.00000729. The molecule has 1 rings (SSSR count). The number of methoxy groups -OCH3 is 1. The molecule has 0 aliphatic heterocycles. The number of rotatable bonds is 8. The maximum absolute atomic E-state index is 12.9. The first-order chi connectivity index (χ1) is 12.4. The zero-order valence-corrected chi connectivity index (χ0v) is 16.8. The summed E-state index contributed by atoms with van der Waals surface area (Å²) in [5.41, 5.74) is 5.71. The number of alkyl halides is 3. The number of hydrogen-bond donors (Lipinski definition) is 3. The monoisotopic (exact) mass is 426 g/mol. The molecular weight excluding hydrogens is 401 g/mol. The first-order valence-electron chi connectivity index (χ1n) is 8.38. The minimum atomic E-state index is -4.90. The summed E-state index contributed by atoms with van der Waals surface area (Å²) in [6.07, 6.45) is -7.63. The molecule has 0 heterocycles. The Morgan fingerprint density at radius 2 is 1.64 bits per heavy atom. The molecular formula is C18H26ClF3N2O4. The van der Waals surface area contributed by atoms with Gasteiger partial charge in [-0.15, -0.1) is 12.4 Å². The fourth-order valence-corrected chi connectivity index (χ4v) is 2.71. The molecule has 28 heavy (non-hydrogen) atoms. The van der Waals surface area contributed by atoms with Crippen LogP contribution in [0.3, 0.4) is 0 Å². The molecule has 0 radical (unpaired) electrons. The van der Waals surface area contributed by atoms with E-state index in [1.165, 1.54) is 40.0 Å². The standard InChI is InChI=1S/C18H25F3N2O4.ClH/c1-9(2)14(15(24)18(19,20)21)23-17(26)13(10(3)16(22)25)11-5-7-12(27-4)8-6-11;/h5-10,13-15,24H,1-4H3,(H2,22,25)(H,23,26);1H/t10?,13-,14-,15-;/m0./s1. The maximum atomic E-state index is 12.9. The number of nitrogens with one attached hydrogen (secondary N) is 1. The second-order valence-electron chi connectivity index (χ2n) is 6.71.